The lowest BCUT2D eigenvalue weighted by Gasteiger charge is -2.02. The van der Waals surface area contributed by atoms with Crippen molar-refractivity contribution in [1.29, 1.82) is 0 Å². The number of nitrogens with two attached hydrogens (primary N) is 1. The molecule has 0 amide bonds. The molecule has 1 saturated carbocycles. The van der Waals surface area contributed by atoms with Crippen LogP contribution in [0.25, 0.3) is 11.3 Å². The average Bonchev–Trinajstić information content (AvgIpc) is 2.84. The fourth-order valence-corrected chi connectivity index (χ4v) is 3.12. The van der Waals surface area contributed by atoms with Crippen LogP contribution in [0.15, 0.2) is 34.1 Å². The third-order valence-electron chi connectivity index (χ3n) is 2.87. The Morgan fingerprint density at radius 2 is 2.06 bits per heavy atom. The second-order valence-electron chi connectivity index (χ2n) is 4.17. The van der Waals surface area contributed by atoms with E-state index in [-0.39, 0.29) is 5.54 Å². The van der Waals surface area contributed by atoms with E-state index >= 15 is 0 Å². The maximum atomic E-state index is 6.13. The van der Waals surface area contributed by atoms with Crippen molar-refractivity contribution in [3.05, 3.63) is 39.1 Å². The fraction of sp³-hybridized carbons (Fsp3) is 0.250. The summed E-state index contributed by atoms with van der Waals surface area (Å²) in [5.74, 6) is 0. The van der Waals surface area contributed by atoms with Gasteiger partial charge < -0.3 is 5.73 Å². The number of nitrogens with zero attached hydrogens (tertiary/aromatic N) is 1. The van der Waals surface area contributed by atoms with Crippen LogP contribution >= 0.6 is 27.3 Å². The van der Waals surface area contributed by atoms with E-state index in [9.17, 15) is 0 Å². The molecule has 2 N–H and O–H groups in total. The van der Waals surface area contributed by atoms with Crippen molar-refractivity contribution in [2.75, 3.05) is 0 Å². The first-order valence-electron chi connectivity index (χ1n) is 5.19. The zero-order valence-electron chi connectivity index (χ0n) is 8.61. The number of thiazole rings is 1. The maximum Gasteiger partial charge on any atom is 0.113 e. The molecule has 1 aromatic carbocycles. The van der Waals surface area contributed by atoms with E-state index in [2.05, 4.69) is 32.4 Å². The van der Waals surface area contributed by atoms with E-state index in [1.54, 1.807) is 11.3 Å². The van der Waals surface area contributed by atoms with Gasteiger partial charge in [-0.3, -0.25) is 0 Å². The number of hydrogen-bond acceptors (Lipinski definition) is 3. The number of hydrogen-bond donors (Lipinski definition) is 1. The van der Waals surface area contributed by atoms with Gasteiger partial charge in [0.1, 0.15) is 5.01 Å². The van der Waals surface area contributed by atoms with Crippen molar-refractivity contribution >= 4 is 27.3 Å². The number of rotatable bonds is 2. The van der Waals surface area contributed by atoms with Gasteiger partial charge in [0.25, 0.3) is 0 Å². The summed E-state index contributed by atoms with van der Waals surface area (Å²) < 4.78 is 1.08. The van der Waals surface area contributed by atoms with Crippen LogP contribution in [-0.4, -0.2) is 4.98 Å². The Labute approximate surface area is 107 Å². The van der Waals surface area contributed by atoms with Crippen LogP contribution in [0.3, 0.4) is 0 Å². The first-order chi connectivity index (χ1) is 7.69. The van der Waals surface area contributed by atoms with E-state index in [1.165, 1.54) is 0 Å². The van der Waals surface area contributed by atoms with Gasteiger partial charge in [-0.15, -0.1) is 11.3 Å². The summed E-state index contributed by atoms with van der Waals surface area (Å²) in [4.78, 5) is 4.64. The van der Waals surface area contributed by atoms with Gasteiger partial charge in [0.15, 0.2) is 0 Å². The first-order valence-corrected chi connectivity index (χ1v) is 6.86. The second kappa shape index (κ2) is 3.65. The zero-order chi connectivity index (χ0) is 11.2. The predicted octanol–water partition coefficient (Wildman–Crippen LogP) is 3.52. The molecule has 1 aliphatic rings. The van der Waals surface area contributed by atoms with Gasteiger partial charge in [0.2, 0.25) is 0 Å². The summed E-state index contributed by atoms with van der Waals surface area (Å²) in [6.07, 6.45) is 2.13. The van der Waals surface area contributed by atoms with Gasteiger partial charge in [0, 0.05) is 15.4 Å². The summed E-state index contributed by atoms with van der Waals surface area (Å²) in [6, 6.07) is 8.13. The minimum absolute atomic E-state index is 0.121. The third-order valence-corrected chi connectivity index (χ3v) is 4.62. The summed E-state index contributed by atoms with van der Waals surface area (Å²) in [5, 5.41) is 3.15. The maximum absolute atomic E-state index is 6.13. The molecule has 2 aromatic rings. The van der Waals surface area contributed by atoms with Crippen LogP contribution in [0.4, 0.5) is 0 Å². The zero-order valence-corrected chi connectivity index (χ0v) is 11.0. The molecular weight excluding hydrogens is 284 g/mol. The van der Waals surface area contributed by atoms with E-state index < -0.39 is 0 Å². The second-order valence-corrected chi connectivity index (χ2v) is 5.89. The van der Waals surface area contributed by atoms with Gasteiger partial charge in [-0.05, 0) is 18.9 Å². The Morgan fingerprint density at radius 3 is 2.75 bits per heavy atom. The molecule has 1 aromatic heterocycles. The van der Waals surface area contributed by atoms with E-state index in [0.29, 0.717) is 0 Å². The molecule has 82 valence electrons. The topological polar surface area (TPSA) is 38.9 Å². The standard InChI is InChI=1S/C12H11BrN2S/c13-9-4-2-1-3-8(9)10-7-16-11(15-10)12(14)5-6-12/h1-4,7H,5-6,14H2. The predicted molar refractivity (Wildman–Crippen MR) is 70.3 cm³/mol. The SMILES string of the molecule is NC1(c2nc(-c3ccccc3Br)cs2)CC1. The highest BCUT2D eigenvalue weighted by Gasteiger charge is 2.42. The lowest BCUT2D eigenvalue weighted by Crippen LogP contribution is -2.18. The van der Waals surface area contributed by atoms with Gasteiger partial charge in [-0.25, -0.2) is 4.98 Å². The summed E-state index contributed by atoms with van der Waals surface area (Å²) >= 11 is 5.21. The first kappa shape index (κ1) is 10.4. The van der Waals surface area contributed by atoms with Crippen molar-refractivity contribution in [2.24, 2.45) is 5.73 Å². The molecule has 1 fully saturated rings. The lowest BCUT2D eigenvalue weighted by molar-refractivity contribution is 0.732. The fourth-order valence-electron chi connectivity index (χ4n) is 1.64. The molecule has 2 nitrogen and oxygen atoms in total. The molecule has 0 atom stereocenters. The Kier molecular flexibility index (Phi) is 2.38. The number of benzene rings is 1. The largest absolute Gasteiger partial charge is 0.319 e. The third kappa shape index (κ3) is 1.71. The molecule has 0 aliphatic heterocycles. The Hall–Kier alpha value is -0.710. The highest BCUT2D eigenvalue weighted by atomic mass is 79.9. The van der Waals surface area contributed by atoms with Crippen molar-refractivity contribution in [1.82, 2.24) is 4.98 Å². The highest BCUT2D eigenvalue weighted by Crippen LogP contribution is 2.45. The van der Waals surface area contributed by atoms with Gasteiger partial charge in [-0.2, -0.15) is 0 Å². The molecule has 4 heteroatoms. The van der Waals surface area contributed by atoms with Crippen molar-refractivity contribution in [2.45, 2.75) is 18.4 Å². The minimum atomic E-state index is -0.121. The Bertz CT molecular complexity index is 531. The molecule has 1 aliphatic carbocycles. The Morgan fingerprint density at radius 1 is 1.31 bits per heavy atom. The van der Waals surface area contributed by atoms with Crippen molar-refractivity contribution < 1.29 is 0 Å². The summed E-state index contributed by atoms with van der Waals surface area (Å²) in [7, 11) is 0. The van der Waals surface area contributed by atoms with E-state index in [4.69, 9.17) is 5.73 Å². The smallest absolute Gasteiger partial charge is 0.113 e. The molecule has 0 radical (unpaired) electrons. The highest BCUT2D eigenvalue weighted by molar-refractivity contribution is 9.10. The van der Waals surface area contributed by atoms with E-state index in [1.807, 2.05) is 18.2 Å². The molecule has 0 spiro atoms. The molecule has 16 heavy (non-hydrogen) atoms. The van der Waals surface area contributed by atoms with Crippen molar-refractivity contribution in [3.8, 4) is 11.3 Å². The van der Waals surface area contributed by atoms with Crippen LogP contribution in [0.1, 0.15) is 17.8 Å². The molecule has 3 rings (SSSR count). The monoisotopic (exact) mass is 294 g/mol. The van der Waals surface area contributed by atoms with E-state index in [0.717, 1.165) is 33.6 Å². The van der Waals surface area contributed by atoms with Crippen LogP contribution in [-0.2, 0) is 5.54 Å². The number of aromatic nitrogens is 1. The summed E-state index contributed by atoms with van der Waals surface area (Å²) in [6.45, 7) is 0. The Balaban J connectivity index is 2.02. The number of halogens is 1. The minimum Gasteiger partial charge on any atom is -0.319 e. The average molecular weight is 295 g/mol. The normalized spacial score (nSPS) is 17.4. The van der Waals surface area contributed by atoms with Gasteiger partial charge in [0.05, 0.1) is 11.2 Å². The van der Waals surface area contributed by atoms with Crippen LogP contribution in [0.5, 0.6) is 0 Å². The van der Waals surface area contributed by atoms with Gasteiger partial charge in [-0.1, -0.05) is 34.1 Å². The van der Waals surface area contributed by atoms with Crippen molar-refractivity contribution in [3.63, 3.8) is 0 Å². The molecule has 1 heterocycles. The van der Waals surface area contributed by atoms with Crippen LogP contribution in [0.2, 0.25) is 0 Å². The quantitative estimate of drug-likeness (QED) is 0.920. The van der Waals surface area contributed by atoms with Crippen LogP contribution in [0, 0.1) is 0 Å². The molecular formula is C12H11BrN2S. The molecule has 0 bridgehead atoms. The van der Waals surface area contributed by atoms with Crippen LogP contribution < -0.4 is 5.73 Å². The lowest BCUT2D eigenvalue weighted by atomic mass is 10.2. The summed E-state index contributed by atoms with van der Waals surface area (Å²) in [5.41, 5.74) is 8.16. The molecule has 0 unspecified atom stereocenters. The van der Waals surface area contributed by atoms with Gasteiger partial charge >= 0.3 is 0 Å². The molecule has 0 saturated heterocycles.